The van der Waals surface area contributed by atoms with E-state index in [1.54, 1.807) is 0 Å². The van der Waals surface area contributed by atoms with Crippen molar-refractivity contribution < 1.29 is 4.79 Å². The number of amides is 1. The Hall–Kier alpha value is -2.28. The lowest BCUT2D eigenvalue weighted by molar-refractivity contribution is -0.119. The summed E-state index contributed by atoms with van der Waals surface area (Å²) in [4.78, 5) is 16.5. The Morgan fingerprint density at radius 3 is 2.43 bits per heavy atom. The summed E-state index contributed by atoms with van der Waals surface area (Å²) in [7, 11) is 0. The first-order valence-corrected chi connectivity index (χ1v) is 10.7. The quantitative estimate of drug-likeness (QED) is 0.754. The number of nitrogens with zero attached hydrogens (tertiary/aromatic N) is 4. The van der Waals surface area contributed by atoms with Gasteiger partial charge >= 0.3 is 0 Å². The molecule has 6 nitrogen and oxygen atoms in total. The van der Waals surface area contributed by atoms with Gasteiger partial charge in [-0.1, -0.05) is 23.9 Å². The summed E-state index contributed by atoms with van der Waals surface area (Å²) in [5.41, 5.74) is 3.95. The maximum absolute atomic E-state index is 11.7. The summed E-state index contributed by atoms with van der Waals surface area (Å²) < 4.78 is 0. The number of carbonyl (C=O) groups is 1. The van der Waals surface area contributed by atoms with Crippen LogP contribution in [0.2, 0.25) is 0 Å². The SMILES string of the molecule is Cc1ccc(C)c(N2CCN(c3ccc(SCC(=O)NC(C)C)nn3)CC2)c1. The number of hydrogen-bond donors (Lipinski definition) is 1. The van der Waals surface area contributed by atoms with Gasteiger partial charge in [0.15, 0.2) is 5.82 Å². The summed E-state index contributed by atoms with van der Waals surface area (Å²) >= 11 is 1.41. The van der Waals surface area contributed by atoms with Crippen LogP contribution in [0, 0.1) is 13.8 Å². The van der Waals surface area contributed by atoms with E-state index in [2.05, 4.69) is 57.4 Å². The van der Waals surface area contributed by atoms with E-state index in [1.165, 1.54) is 28.6 Å². The minimum Gasteiger partial charge on any atom is -0.368 e. The zero-order chi connectivity index (χ0) is 20.1. The molecule has 28 heavy (non-hydrogen) atoms. The fraction of sp³-hybridized carbons (Fsp3) is 0.476. The maximum Gasteiger partial charge on any atom is 0.230 e. The largest absolute Gasteiger partial charge is 0.368 e. The maximum atomic E-state index is 11.7. The number of hydrogen-bond acceptors (Lipinski definition) is 6. The van der Waals surface area contributed by atoms with Crippen molar-refractivity contribution in [2.75, 3.05) is 41.7 Å². The number of aromatic nitrogens is 2. The predicted octanol–water partition coefficient (Wildman–Crippen LogP) is 3.04. The molecule has 2 aromatic rings. The van der Waals surface area contributed by atoms with Crippen molar-refractivity contribution in [3.05, 3.63) is 41.5 Å². The van der Waals surface area contributed by atoms with Crippen LogP contribution < -0.4 is 15.1 Å². The summed E-state index contributed by atoms with van der Waals surface area (Å²) in [5.74, 6) is 1.28. The van der Waals surface area contributed by atoms with Gasteiger partial charge in [-0.3, -0.25) is 4.79 Å². The van der Waals surface area contributed by atoms with Crippen LogP contribution in [0.1, 0.15) is 25.0 Å². The molecule has 1 saturated heterocycles. The molecule has 1 aromatic carbocycles. The summed E-state index contributed by atoms with van der Waals surface area (Å²) in [6.07, 6.45) is 0. The van der Waals surface area contributed by atoms with Crippen LogP contribution in [0.25, 0.3) is 0 Å². The van der Waals surface area contributed by atoms with Crippen LogP contribution in [0.15, 0.2) is 35.4 Å². The molecule has 0 radical (unpaired) electrons. The van der Waals surface area contributed by atoms with Gasteiger partial charge in [0, 0.05) is 37.9 Å². The lowest BCUT2D eigenvalue weighted by Gasteiger charge is -2.37. The van der Waals surface area contributed by atoms with Crippen molar-refractivity contribution in [2.45, 2.75) is 38.8 Å². The number of carbonyl (C=O) groups excluding carboxylic acids is 1. The normalized spacial score (nSPS) is 14.5. The van der Waals surface area contributed by atoms with Crippen LogP contribution in [0.3, 0.4) is 0 Å². The highest BCUT2D eigenvalue weighted by molar-refractivity contribution is 7.99. The second-order valence-electron chi connectivity index (χ2n) is 7.50. The molecule has 1 N–H and O–H groups in total. The molecule has 0 unspecified atom stereocenters. The molecule has 1 aliphatic heterocycles. The number of rotatable bonds is 6. The predicted molar refractivity (Wildman–Crippen MR) is 116 cm³/mol. The van der Waals surface area contributed by atoms with Crippen molar-refractivity contribution in [1.82, 2.24) is 15.5 Å². The second kappa shape index (κ2) is 9.28. The highest BCUT2D eigenvalue weighted by atomic mass is 32.2. The van der Waals surface area contributed by atoms with Gasteiger partial charge in [0.05, 0.1) is 5.75 Å². The third-order valence-electron chi connectivity index (χ3n) is 4.74. The topological polar surface area (TPSA) is 61.4 Å². The van der Waals surface area contributed by atoms with Gasteiger partial charge in [-0.15, -0.1) is 10.2 Å². The average molecular weight is 400 g/mol. The smallest absolute Gasteiger partial charge is 0.230 e. The highest BCUT2D eigenvalue weighted by Crippen LogP contribution is 2.24. The van der Waals surface area contributed by atoms with E-state index in [0.717, 1.165) is 37.0 Å². The third kappa shape index (κ3) is 5.38. The zero-order valence-electron chi connectivity index (χ0n) is 17.1. The van der Waals surface area contributed by atoms with Gasteiger partial charge < -0.3 is 15.1 Å². The number of anilines is 2. The molecule has 0 saturated carbocycles. The monoisotopic (exact) mass is 399 g/mol. The molecule has 1 fully saturated rings. The van der Waals surface area contributed by atoms with E-state index in [9.17, 15) is 4.79 Å². The van der Waals surface area contributed by atoms with E-state index in [0.29, 0.717) is 5.75 Å². The van der Waals surface area contributed by atoms with E-state index >= 15 is 0 Å². The van der Waals surface area contributed by atoms with Crippen molar-refractivity contribution in [2.24, 2.45) is 0 Å². The number of nitrogens with one attached hydrogen (secondary N) is 1. The molecule has 3 rings (SSSR count). The fourth-order valence-corrected chi connectivity index (χ4v) is 3.92. The molecule has 1 amide bonds. The Bertz CT molecular complexity index is 801. The molecule has 0 spiro atoms. The van der Waals surface area contributed by atoms with Crippen LogP contribution in [0.5, 0.6) is 0 Å². The summed E-state index contributed by atoms with van der Waals surface area (Å²) in [6.45, 7) is 12.0. The number of aryl methyl sites for hydroxylation is 2. The Morgan fingerprint density at radius 2 is 1.79 bits per heavy atom. The molecule has 0 aliphatic carbocycles. The van der Waals surface area contributed by atoms with E-state index in [-0.39, 0.29) is 11.9 Å². The highest BCUT2D eigenvalue weighted by Gasteiger charge is 2.20. The van der Waals surface area contributed by atoms with E-state index in [4.69, 9.17) is 0 Å². The van der Waals surface area contributed by atoms with Gasteiger partial charge in [0.2, 0.25) is 5.91 Å². The number of piperazine rings is 1. The molecular weight excluding hydrogens is 370 g/mol. The Morgan fingerprint density at radius 1 is 1.07 bits per heavy atom. The molecule has 0 atom stereocenters. The van der Waals surface area contributed by atoms with Crippen LogP contribution >= 0.6 is 11.8 Å². The van der Waals surface area contributed by atoms with Crippen LogP contribution in [0.4, 0.5) is 11.5 Å². The first-order chi connectivity index (χ1) is 13.4. The lowest BCUT2D eigenvalue weighted by Crippen LogP contribution is -2.47. The number of benzene rings is 1. The van der Waals surface area contributed by atoms with E-state index in [1.807, 2.05) is 26.0 Å². The number of thioether (sulfide) groups is 1. The van der Waals surface area contributed by atoms with Crippen molar-refractivity contribution in [1.29, 1.82) is 0 Å². The van der Waals surface area contributed by atoms with Gasteiger partial charge in [-0.25, -0.2) is 0 Å². The molecule has 150 valence electrons. The third-order valence-corrected chi connectivity index (χ3v) is 5.66. The van der Waals surface area contributed by atoms with Crippen molar-refractivity contribution in [3.63, 3.8) is 0 Å². The first-order valence-electron chi connectivity index (χ1n) is 9.75. The molecule has 1 aromatic heterocycles. The Labute approximate surface area is 171 Å². The van der Waals surface area contributed by atoms with Gasteiger partial charge in [-0.05, 0) is 57.0 Å². The average Bonchev–Trinajstić information content (AvgIpc) is 2.68. The second-order valence-corrected chi connectivity index (χ2v) is 8.50. The minimum absolute atomic E-state index is 0.0217. The molecule has 0 bridgehead atoms. The summed E-state index contributed by atoms with van der Waals surface area (Å²) in [6, 6.07) is 10.7. The van der Waals surface area contributed by atoms with Crippen LogP contribution in [-0.2, 0) is 4.79 Å². The zero-order valence-corrected chi connectivity index (χ0v) is 17.9. The van der Waals surface area contributed by atoms with E-state index < -0.39 is 0 Å². The van der Waals surface area contributed by atoms with Gasteiger partial charge in [-0.2, -0.15) is 0 Å². The Balaban J connectivity index is 1.53. The van der Waals surface area contributed by atoms with Crippen molar-refractivity contribution in [3.8, 4) is 0 Å². The molecule has 2 heterocycles. The van der Waals surface area contributed by atoms with Crippen molar-refractivity contribution >= 4 is 29.2 Å². The minimum atomic E-state index is 0.0217. The lowest BCUT2D eigenvalue weighted by atomic mass is 10.1. The standard InChI is InChI=1S/C21H29N5OS/c1-15(2)22-20(27)14-28-21-8-7-19(23-24-21)26-11-9-25(10-12-26)18-13-16(3)5-6-17(18)4/h5-8,13,15H,9-12,14H2,1-4H3,(H,22,27). The van der Waals surface area contributed by atoms with Crippen LogP contribution in [-0.4, -0.2) is 54.1 Å². The molecule has 7 heteroatoms. The molecular formula is C21H29N5OS. The molecule has 1 aliphatic rings. The fourth-order valence-electron chi connectivity index (χ4n) is 3.30. The van der Waals surface area contributed by atoms with Gasteiger partial charge in [0.25, 0.3) is 0 Å². The Kier molecular flexibility index (Phi) is 6.78. The van der Waals surface area contributed by atoms with Gasteiger partial charge in [0.1, 0.15) is 5.03 Å². The summed E-state index contributed by atoms with van der Waals surface area (Å²) in [5, 5.41) is 12.3. The first kappa shape index (κ1) is 20.5.